The minimum absolute atomic E-state index is 0.0662. The van der Waals surface area contributed by atoms with E-state index in [0.717, 1.165) is 20.8 Å². The van der Waals surface area contributed by atoms with Crippen LogP contribution in [0, 0.1) is 5.41 Å². The summed E-state index contributed by atoms with van der Waals surface area (Å²) in [6.07, 6.45) is 1.62. The van der Waals surface area contributed by atoms with Gasteiger partial charge in [-0.3, -0.25) is 19.3 Å². The van der Waals surface area contributed by atoms with Crippen LogP contribution in [-0.4, -0.2) is 51.8 Å². The van der Waals surface area contributed by atoms with Gasteiger partial charge < -0.3 is 20.1 Å². The fourth-order valence-corrected chi connectivity index (χ4v) is 8.15. The molecular formula is C41H40N4O7S. The number of amides is 1. The first-order chi connectivity index (χ1) is 25.6. The van der Waals surface area contributed by atoms with Crippen molar-refractivity contribution in [2.24, 2.45) is 5.73 Å². The summed E-state index contributed by atoms with van der Waals surface area (Å²) in [6, 6.07) is 31.3. The van der Waals surface area contributed by atoms with E-state index in [0.29, 0.717) is 41.6 Å². The van der Waals surface area contributed by atoms with E-state index < -0.39 is 28.5 Å². The largest absolute Gasteiger partial charge is 0.465 e. The van der Waals surface area contributed by atoms with Crippen LogP contribution in [-0.2, 0) is 48.5 Å². The maximum Gasteiger partial charge on any atom is 0.338 e. The number of nitrogens with zero attached hydrogens (tertiary/aromatic N) is 2. The number of benzene rings is 5. The van der Waals surface area contributed by atoms with Crippen molar-refractivity contribution in [3.63, 3.8) is 0 Å². The third-order valence-corrected chi connectivity index (χ3v) is 11.0. The summed E-state index contributed by atoms with van der Waals surface area (Å²) < 4.78 is 40.2. The highest BCUT2D eigenvalue weighted by atomic mass is 32.2. The number of esters is 2. The molecule has 0 atom stereocenters. The molecule has 0 aliphatic carbocycles. The summed E-state index contributed by atoms with van der Waals surface area (Å²) in [7, 11) is -4.23. The molecule has 0 saturated carbocycles. The molecular weight excluding hydrogens is 693 g/mol. The second kappa shape index (κ2) is 16.1. The van der Waals surface area contributed by atoms with Gasteiger partial charge in [-0.15, -0.1) is 0 Å². The first-order valence-corrected chi connectivity index (χ1v) is 18.8. The molecule has 1 aliphatic heterocycles. The summed E-state index contributed by atoms with van der Waals surface area (Å²) in [4.78, 5) is 41.0. The molecule has 5 aromatic rings. The third-order valence-electron chi connectivity index (χ3n) is 9.12. The Balaban J connectivity index is 1.21. The van der Waals surface area contributed by atoms with Gasteiger partial charge in [-0.25, -0.2) is 13.2 Å². The van der Waals surface area contributed by atoms with Gasteiger partial charge in [0.15, 0.2) is 0 Å². The van der Waals surface area contributed by atoms with Crippen molar-refractivity contribution in [3.05, 3.63) is 137 Å². The van der Waals surface area contributed by atoms with Gasteiger partial charge in [0.1, 0.15) is 19.0 Å². The van der Waals surface area contributed by atoms with Crippen LogP contribution in [0.2, 0.25) is 0 Å². The smallest absolute Gasteiger partial charge is 0.338 e. The van der Waals surface area contributed by atoms with Crippen molar-refractivity contribution in [2.75, 3.05) is 28.9 Å². The zero-order valence-corrected chi connectivity index (χ0v) is 30.1. The van der Waals surface area contributed by atoms with E-state index in [1.807, 2.05) is 48.5 Å². The van der Waals surface area contributed by atoms with Gasteiger partial charge in [0.05, 0.1) is 22.8 Å². The molecule has 0 fully saturated rings. The van der Waals surface area contributed by atoms with E-state index in [1.165, 1.54) is 12.1 Å². The lowest BCUT2D eigenvalue weighted by atomic mass is 9.97. The molecule has 5 aromatic carbocycles. The predicted octanol–water partition coefficient (Wildman–Crippen LogP) is 6.15. The number of fused-ring (bicyclic) bond motifs is 2. The van der Waals surface area contributed by atoms with Crippen LogP contribution in [0.15, 0.2) is 114 Å². The number of sulfonamides is 1. The Hall–Kier alpha value is -6.01. The summed E-state index contributed by atoms with van der Waals surface area (Å²) >= 11 is 0. The molecule has 0 unspecified atom stereocenters. The number of aryl methyl sites for hydroxylation is 2. The molecule has 11 nitrogen and oxygen atoms in total. The van der Waals surface area contributed by atoms with Crippen LogP contribution in [0.4, 0.5) is 11.4 Å². The Morgan fingerprint density at radius 2 is 1.64 bits per heavy atom. The van der Waals surface area contributed by atoms with Crippen LogP contribution >= 0.6 is 0 Å². The molecule has 0 spiro atoms. The number of hydrogen-bond donors (Lipinski definition) is 2. The van der Waals surface area contributed by atoms with E-state index in [9.17, 15) is 22.8 Å². The molecule has 0 bridgehead atoms. The van der Waals surface area contributed by atoms with Gasteiger partial charge >= 0.3 is 11.9 Å². The monoisotopic (exact) mass is 732 g/mol. The van der Waals surface area contributed by atoms with Gasteiger partial charge in [0.2, 0.25) is 5.91 Å². The molecule has 1 aliphatic rings. The normalized spacial score (nSPS) is 12.5. The van der Waals surface area contributed by atoms with Crippen molar-refractivity contribution >= 4 is 55.9 Å². The number of nitrogens with one attached hydrogen (secondary N) is 1. The van der Waals surface area contributed by atoms with Crippen molar-refractivity contribution in [1.82, 2.24) is 0 Å². The molecule has 1 amide bonds. The van der Waals surface area contributed by atoms with Crippen molar-refractivity contribution in [3.8, 4) is 0 Å². The second-order valence-electron chi connectivity index (χ2n) is 12.6. The third kappa shape index (κ3) is 8.23. The zero-order valence-electron chi connectivity index (χ0n) is 29.3. The van der Waals surface area contributed by atoms with E-state index >= 15 is 0 Å². The molecule has 12 heteroatoms. The van der Waals surface area contributed by atoms with Crippen molar-refractivity contribution in [1.29, 1.82) is 5.41 Å². The number of rotatable bonds is 13. The molecule has 1 heterocycles. The van der Waals surface area contributed by atoms with E-state index in [4.69, 9.17) is 20.6 Å². The maximum absolute atomic E-state index is 14.3. The van der Waals surface area contributed by atoms with E-state index in [1.54, 1.807) is 60.4 Å². The van der Waals surface area contributed by atoms with Crippen LogP contribution in [0.3, 0.4) is 0 Å². The highest BCUT2D eigenvalue weighted by molar-refractivity contribution is 7.93. The fraction of sp³-hybridized carbons (Fsp3) is 0.220. The SMILES string of the molecule is CCOC(=O)CN(c1ccc2c(c1)CCCN2C(=O)CCc1ccc(C(=O)OCc2ccccc2)cc1C(=N)N)S(=O)(=O)c1cccc2ccccc12. The number of carbonyl (C=O) groups is 3. The fourth-order valence-electron chi connectivity index (χ4n) is 6.53. The second-order valence-corrected chi connectivity index (χ2v) is 14.4. The lowest BCUT2D eigenvalue weighted by molar-refractivity contribution is -0.141. The van der Waals surface area contributed by atoms with Gasteiger partial charge in [-0.2, -0.15) is 0 Å². The zero-order chi connectivity index (χ0) is 37.5. The average molecular weight is 733 g/mol. The Bertz CT molecular complexity index is 2290. The van der Waals surface area contributed by atoms with Crippen LogP contribution in [0.25, 0.3) is 10.8 Å². The van der Waals surface area contributed by atoms with Crippen LogP contribution in [0.1, 0.15) is 52.4 Å². The van der Waals surface area contributed by atoms with Gasteiger partial charge in [-0.1, -0.05) is 72.8 Å². The standard InChI is InChI=1S/C41H40N4O7S/c1-2-51-39(47)26-45(53(49,50)37-16-8-13-29-12-6-7-15-34(29)37)33-20-21-36-31(24-33)14-9-23-44(36)38(46)22-19-30-17-18-32(25-35(30)40(42)43)41(48)52-27-28-10-4-3-5-11-28/h3-8,10-13,15-18,20-21,24-25H,2,9,14,19,22-23,26-27H2,1H3,(H3,42,43). The van der Waals surface area contributed by atoms with Gasteiger partial charge in [0, 0.05) is 29.6 Å². The number of nitrogen functional groups attached to an aromatic ring is 1. The molecule has 3 N–H and O–H groups in total. The molecule has 272 valence electrons. The van der Waals surface area contributed by atoms with Gasteiger partial charge in [0.25, 0.3) is 10.0 Å². The lowest BCUT2D eigenvalue weighted by Gasteiger charge is -2.31. The number of ether oxygens (including phenoxy) is 2. The highest BCUT2D eigenvalue weighted by Gasteiger charge is 2.31. The summed E-state index contributed by atoms with van der Waals surface area (Å²) in [6.45, 7) is 1.81. The minimum atomic E-state index is -4.23. The molecule has 53 heavy (non-hydrogen) atoms. The number of carbonyl (C=O) groups excluding carboxylic acids is 3. The minimum Gasteiger partial charge on any atom is -0.465 e. The molecule has 0 saturated heterocycles. The Morgan fingerprint density at radius 3 is 2.42 bits per heavy atom. The molecule has 0 aromatic heterocycles. The van der Waals surface area contributed by atoms with Gasteiger partial charge in [-0.05, 0) is 84.7 Å². The maximum atomic E-state index is 14.3. The number of nitrogens with two attached hydrogens (primary N) is 1. The topological polar surface area (TPSA) is 160 Å². The number of hydrogen-bond acceptors (Lipinski definition) is 8. The summed E-state index contributed by atoms with van der Waals surface area (Å²) in [5, 5.41) is 9.42. The van der Waals surface area contributed by atoms with Crippen LogP contribution in [0.5, 0.6) is 0 Å². The Kier molecular flexibility index (Phi) is 11.2. The highest BCUT2D eigenvalue weighted by Crippen LogP contribution is 2.35. The first kappa shape index (κ1) is 36.8. The Labute approximate surface area is 308 Å². The van der Waals surface area contributed by atoms with Crippen LogP contribution < -0.4 is 14.9 Å². The summed E-state index contributed by atoms with van der Waals surface area (Å²) in [5.41, 5.74) is 9.71. The van der Waals surface area contributed by atoms with E-state index in [-0.39, 0.29) is 53.9 Å². The van der Waals surface area contributed by atoms with Crippen molar-refractivity contribution in [2.45, 2.75) is 44.1 Å². The first-order valence-electron chi connectivity index (χ1n) is 17.3. The lowest BCUT2D eigenvalue weighted by Crippen LogP contribution is -2.38. The number of amidine groups is 1. The average Bonchev–Trinajstić information content (AvgIpc) is 3.17. The number of anilines is 2. The molecule has 0 radical (unpaired) electrons. The predicted molar refractivity (Wildman–Crippen MR) is 204 cm³/mol. The van der Waals surface area contributed by atoms with Crippen molar-refractivity contribution < 1.29 is 32.3 Å². The molecule has 6 rings (SSSR count). The van der Waals surface area contributed by atoms with E-state index in [2.05, 4.69) is 0 Å². The Morgan fingerprint density at radius 1 is 0.887 bits per heavy atom. The quantitative estimate of drug-likeness (QED) is 0.0828. The summed E-state index contributed by atoms with van der Waals surface area (Å²) in [5.74, 6) is -1.62.